The van der Waals surface area contributed by atoms with Gasteiger partial charge in [0.1, 0.15) is 0 Å². The van der Waals surface area contributed by atoms with Crippen LogP contribution >= 0.6 is 0 Å². The van der Waals surface area contributed by atoms with Gasteiger partial charge in [-0.15, -0.1) is 0 Å². The van der Waals surface area contributed by atoms with Gasteiger partial charge in [-0.3, -0.25) is 0 Å². The predicted octanol–water partition coefficient (Wildman–Crippen LogP) is 2.05. The second-order valence-electron chi connectivity index (χ2n) is 4.35. The van der Waals surface area contributed by atoms with Gasteiger partial charge in [-0.05, 0) is 25.3 Å². The van der Waals surface area contributed by atoms with E-state index in [9.17, 15) is 0 Å². The van der Waals surface area contributed by atoms with Gasteiger partial charge < -0.3 is 10.1 Å². The Morgan fingerprint density at radius 1 is 1.46 bits per heavy atom. The number of rotatable bonds is 5. The second kappa shape index (κ2) is 5.61. The Morgan fingerprint density at radius 2 is 2.23 bits per heavy atom. The van der Waals surface area contributed by atoms with Crippen molar-refractivity contribution in [2.45, 2.75) is 39.7 Å². The van der Waals surface area contributed by atoms with Crippen LogP contribution in [0, 0.1) is 11.8 Å². The van der Waals surface area contributed by atoms with Crippen molar-refractivity contribution >= 4 is 0 Å². The largest absolute Gasteiger partial charge is 0.381 e. The molecule has 0 amide bonds. The molecule has 0 aliphatic carbocycles. The van der Waals surface area contributed by atoms with Crippen LogP contribution in [-0.2, 0) is 4.74 Å². The minimum atomic E-state index is 0.655. The molecule has 0 radical (unpaired) electrons. The molecule has 0 bridgehead atoms. The van der Waals surface area contributed by atoms with Gasteiger partial charge in [-0.2, -0.15) is 0 Å². The molecule has 2 atom stereocenters. The minimum Gasteiger partial charge on any atom is -0.381 e. The van der Waals surface area contributed by atoms with Crippen molar-refractivity contribution in [2.75, 3.05) is 19.8 Å². The Hall–Kier alpha value is -0.0800. The summed E-state index contributed by atoms with van der Waals surface area (Å²) in [6.07, 6.45) is 2.45. The molecule has 2 heteroatoms. The lowest BCUT2D eigenvalue weighted by Crippen LogP contribution is -2.41. The van der Waals surface area contributed by atoms with Gasteiger partial charge in [0, 0.05) is 18.6 Å². The molecule has 0 aromatic heterocycles. The SMILES string of the molecule is CCCNC(C(C)C)C1CCOC1. The number of nitrogens with one attached hydrogen (secondary N) is 1. The Morgan fingerprint density at radius 3 is 2.69 bits per heavy atom. The normalized spacial score (nSPS) is 25.4. The predicted molar refractivity (Wildman–Crippen MR) is 55.8 cm³/mol. The summed E-state index contributed by atoms with van der Waals surface area (Å²) in [5, 5.41) is 3.63. The van der Waals surface area contributed by atoms with Crippen molar-refractivity contribution < 1.29 is 4.74 Å². The highest BCUT2D eigenvalue weighted by molar-refractivity contribution is 4.81. The van der Waals surface area contributed by atoms with E-state index in [1.165, 1.54) is 12.8 Å². The summed E-state index contributed by atoms with van der Waals surface area (Å²) in [6, 6.07) is 0.655. The smallest absolute Gasteiger partial charge is 0.0510 e. The standard InChI is InChI=1S/C11H23NO/c1-4-6-12-11(9(2)3)10-5-7-13-8-10/h9-12H,4-8H2,1-3H3. The molecule has 0 saturated carbocycles. The number of hydrogen-bond donors (Lipinski definition) is 1. The molecule has 0 spiro atoms. The molecule has 1 saturated heterocycles. The fourth-order valence-electron chi connectivity index (χ4n) is 2.09. The molecule has 0 aromatic rings. The first-order valence-electron chi connectivity index (χ1n) is 5.56. The highest BCUT2D eigenvalue weighted by atomic mass is 16.5. The van der Waals surface area contributed by atoms with Gasteiger partial charge in [0.05, 0.1) is 6.61 Å². The second-order valence-corrected chi connectivity index (χ2v) is 4.35. The fourth-order valence-corrected chi connectivity index (χ4v) is 2.09. The van der Waals surface area contributed by atoms with Crippen LogP contribution in [0.25, 0.3) is 0 Å². The van der Waals surface area contributed by atoms with E-state index in [0.717, 1.165) is 31.6 Å². The molecule has 2 nitrogen and oxygen atoms in total. The molecule has 0 aromatic carbocycles. The Bertz CT molecular complexity index is 130. The summed E-state index contributed by atoms with van der Waals surface area (Å²) >= 11 is 0. The van der Waals surface area contributed by atoms with Crippen molar-refractivity contribution in [3.63, 3.8) is 0 Å². The van der Waals surface area contributed by atoms with Crippen molar-refractivity contribution in [2.24, 2.45) is 11.8 Å². The minimum absolute atomic E-state index is 0.655. The molecule has 1 rings (SSSR count). The molecule has 1 fully saturated rings. The Labute approximate surface area is 82.0 Å². The van der Waals surface area contributed by atoms with E-state index in [0.29, 0.717) is 6.04 Å². The van der Waals surface area contributed by atoms with Crippen LogP contribution in [0.5, 0.6) is 0 Å². The zero-order valence-electron chi connectivity index (χ0n) is 9.18. The Balaban J connectivity index is 2.36. The van der Waals surface area contributed by atoms with Crippen LogP contribution in [0.4, 0.5) is 0 Å². The summed E-state index contributed by atoms with van der Waals surface area (Å²) in [4.78, 5) is 0. The van der Waals surface area contributed by atoms with E-state index in [4.69, 9.17) is 4.74 Å². The van der Waals surface area contributed by atoms with Gasteiger partial charge in [-0.25, -0.2) is 0 Å². The maximum Gasteiger partial charge on any atom is 0.0510 e. The molecular weight excluding hydrogens is 162 g/mol. The zero-order valence-corrected chi connectivity index (χ0v) is 9.18. The third-order valence-electron chi connectivity index (χ3n) is 2.82. The quantitative estimate of drug-likeness (QED) is 0.708. The lowest BCUT2D eigenvalue weighted by Gasteiger charge is -2.27. The van der Waals surface area contributed by atoms with Gasteiger partial charge in [0.15, 0.2) is 0 Å². The molecule has 2 unspecified atom stereocenters. The van der Waals surface area contributed by atoms with Gasteiger partial charge in [-0.1, -0.05) is 20.8 Å². The van der Waals surface area contributed by atoms with Crippen LogP contribution in [0.1, 0.15) is 33.6 Å². The zero-order chi connectivity index (χ0) is 9.68. The van der Waals surface area contributed by atoms with Crippen molar-refractivity contribution in [3.8, 4) is 0 Å². The summed E-state index contributed by atoms with van der Waals surface area (Å²) in [5.74, 6) is 1.46. The molecule has 13 heavy (non-hydrogen) atoms. The summed E-state index contributed by atoms with van der Waals surface area (Å²) < 4.78 is 5.43. The molecule has 1 heterocycles. The van der Waals surface area contributed by atoms with E-state index in [2.05, 4.69) is 26.1 Å². The third-order valence-corrected chi connectivity index (χ3v) is 2.82. The van der Waals surface area contributed by atoms with Gasteiger partial charge in [0.25, 0.3) is 0 Å². The molecule has 1 aliphatic heterocycles. The van der Waals surface area contributed by atoms with E-state index < -0.39 is 0 Å². The van der Waals surface area contributed by atoms with Crippen LogP contribution in [0.3, 0.4) is 0 Å². The Kier molecular flexibility index (Phi) is 4.74. The summed E-state index contributed by atoms with van der Waals surface area (Å²) in [6.45, 7) is 9.87. The van der Waals surface area contributed by atoms with Crippen LogP contribution in [0.15, 0.2) is 0 Å². The number of hydrogen-bond acceptors (Lipinski definition) is 2. The third kappa shape index (κ3) is 3.28. The average Bonchev–Trinajstić information content (AvgIpc) is 2.57. The lowest BCUT2D eigenvalue weighted by molar-refractivity contribution is 0.168. The fraction of sp³-hybridized carbons (Fsp3) is 1.00. The van der Waals surface area contributed by atoms with Gasteiger partial charge >= 0.3 is 0 Å². The van der Waals surface area contributed by atoms with Crippen LogP contribution in [0.2, 0.25) is 0 Å². The highest BCUT2D eigenvalue weighted by Crippen LogP contribution is 2.21. The molecule has 1 N–H and O–H groups in total. The first kappa shape index (κ1) is 11.0. The van der Waals surface area contributed by atoms with E-state index in [-0.39, 0.29) is 0 Å². The monoisotopic (exact) mass is 185 g/mol. The highest BCUT2D eigenvalue weighted by Gasteiger charge is 2.27. The first-order valence-corrected chi connectivity index (χ1v) is 5.56. The van der Waals surface area contributed by atoms with E-state index in [1.807, 2.05) is 0 Å². The molecular formula is C11H23NO. The van der Waals surface area contributed by atoms with Gasteiger partial charge in [0.2, 0.25) is 0 Å². The van der Waals surface area contributed by atoms with E-state index in [1.54, 1.807) is 0 Å². The summed E-state index contributed by atoms with van der Waals surface area (Å²) in [5.41, 5.74) is 0. The maximum absolute atomic E-state index is 5.43. The van der Waals surface area contributed by atoms with Crippen LogP contribution in [-0.4, -0.2) is 25.8 Å². The maximum atomic E-state index is 5.43. The first-order chi connectivity index (χ1) is 6.25. The van der Waals surface area contributed by atoms with E-state index >= 15 is 0 Å². The topological polar surface area (TPSA) is 21.3 Å². The van der Waals surface area contributed by atoms with Crippen molar-refractivity contribution in [1.29, 1.82) is 0 Å². The number of ether oxygens (including phenoxy) is 1. The molecule has 1 aliphatic rings. The lowest BCUT2D eigenvalue weighted by atomic mass is 9.90. The van der Waals surface area contributed by atoms with Crippen molar-refractivity contribution in [3.05, 3.63) is 0 Å². The summed E-state index contributed by atoms with van der Waals surface area (Å²) in [7, 11) is 0. The average molecular weight is 185 g/mol. The molecule has 78 valence electrons. The van der Waals surface area contributed by atoms with Crippen LogP contribution < -0.4 is 5.32 Å². The van der Waals surface area contributed by atoms with Crippen molar-refractivity contribution in [1.82, 2.24) is 5.32 Å².